The molecule has 0 saturated carbocycles. The van der Waals surface area contributed by atoms with Crippen LogP contribution in [0.3, 0.4) is 0 Å². The van der Waals surface area contributed by atoms with Gasteiger partial charge in [-0.05, 0) is 48.4 Å². The Morgan fingerprint density at radius 3 is 2.43 bits per heavy atom. The van der Waals surface area contributed by atoms with E-state index in [1.807, 2.05) is 0 Å². The van der Waals surface area contributed by atoms with Crippen molar-refractivity contribution in [3.8, 4) is 11.1 Å². The summed E-state index contributed by atoms with van der Waals surface area (Å²) in [7, 11) is 1.42. The highest BCUT2D eigenvalue weighted by atomic mass is 35.7. The first-order valence-corrected chi connectivity index (χ1v) is 8.40. The third-order valence-corrected chi connectivity index (χ3v) is 4.05. The van der Waals surface area contributed by atoms with Gasteiger partial charge in [0.25, 0.3) is 9.05 Å². The molecule has 0 N–H and O–H groups in total. The number of hydrogen-bond acceptors (Lipinski definition) is 5. The van der Waals surface area contributed by atoms with Gasteiger partial charge in [-0.15, -0.1) is 0 Å². The Morgan fingerprint density at radius 1 is 1.19 bits per heavy atom. The Labute approximate surface area is 127 Å². The number of carbonyl (C=O) groups is 1. The summed E-state index contributed by atoms with van der Waals surface area (Å²) in [4.78, 5) is 15.6. The zero-order chi connectivity index (χ0) is 15.5. The number of aromatic nitrogens is 1. The van der Waals surface area contributed by atoms with Crippen molar-refractivity contribution in [2.24, 2.45) is 0 Å². The summed E-state index contributed by atoms with van der Waals surface area (Å²) in [6.45, 7) is 1.87. The molecule has 1 aromatic heterocycles. The van der Waals surface area contributed by atoms with Crippen molar-refractivity contribution in [2.75, 3.05) is 6.61 Å². The van der Waals surface area contributed by atoms with E-state index in [2.05, 4.69) is 4.98 Å². The lowest BCUT2D eigenvalue weighted by atomic mass is 10.0. The Bertz CT molecular complexity index is 760. The maximum Gasteiger partial charge on any atom is 0.338 e. The molecule has 5 nitrogen and oxygen atoms in total. The van der Waals surface area contributed by atoms with E-state index in [1.165, 1.54) is 12.1 Å². The van der Waals surface area contributed by atoms with Crippen LogP contribution in [0, 0.1) is 0 Å². The molecule has 0 amide bonds. The number of benzene rings is 1. The van der Waals surface area contributed by atoms with Gasteiger partial charge in [-0.1, -0.05) is 0 Å². The monoisotopic (exact) mass is 325 g/mol. The smallest absolute Gasteiger partial charge is 0.338 e. The third-order valence-electron chi connectivity index (χ3n) is 2.71. The zero-order valence-corrected chi connectivity index (χ0v) is 12.7. The Hall–Kier alpha value is -1.92. The molecule has 0 aliphatic rings. The average molecular weight is 326 g/mol. The van der Waals surface area contributed by atoms with E-state index in [4.69, 9.17) is 15.4 Å². The van der Waals surface area contributed by atoms with Crippen LogP contribution < -0.4 is 0 Å². The van der Waals surface area contributed by atoms with Gasteiger partial charge in [0.2, 0.25) is 0 Å². The number of rotatable bonds is 4. The van der Waals surface area contributed by atoms with Crippen molar-refractivity contribution >= 4 is 25.7 Å². The fraction of sp³-hybridized carbons (Fsp3) is 0.143. The first-order chi connectivity index (χ1) is 9.91. The van der Waals surface area contributed by atoms with Crippen molar-refractivity contribution in [1.29, 1.82) is 0 Å². The van der Waals surface area contributed by atoms with Crippen LogP contribution in [0.1, 0.15) is 17.3 Å². The first-order valence-electron chi connectivity index (χ1n) is 6.09. The number of halogens is 1. The lowest BCUT2D eigenvalue weighted by molar-refractivity contribution is 0.0526. The first kappa shape index (κ1) is 15.5. The van der Waals surface area contributed by atoms with Crippen LogP contribution in [0.4, 0.5) is 0 Å². The lowest BCUT2D eigenvalue weighted by Gasteiger charge is -2.08. The Morgan fingerprint density at radius 2 is 1.86 bits per heavy atom. The standard InChI is InChI=1S/C14H12ClNO4S/c1-2-20-14(17)12-7-11(10-3-5-16-6-4-10)8-13(9-12)21(15,18)19/h3-9H,2H2,1H3. The molecule has 1 aromatic carbocycles. The fourth-order valence-corrected chi connectivity index (χ4v) is 2.59. The van der Waals surface area contributed by atoms with E-state index in [1.54, 1.807) is 37.5 Å². The quantitative estimate of drug-likeness (QED) is 0.638. The molecule has 0 unspecified atom stereocenters. The molecular weight excluding hydrogens is 314 g/mol. The van der Waals surface area contributed by atoms with Crippen molar-refractivity contribution in [2.45, 2.75) is 11.8 Å². The molecule has 0 aliphatic carbocycles. The molecule has 0 aliphatic heterocycles. The van der Waals surface area contributed by atoms with Crippen LogP contribution in [0.15, 0.2) is 47.6 Å². The van der Waals surface area contributed by atoms with E-state index in [9.17, 15) is 13.2 Å². The fourth-order valence-electron chi connectivity index (χ4n) is 1.78. The normalized spacial score (nSPS) is 11.1. The second-order valence-corrected chi connectivity index (χ2v) is 6.71. The predicted octanol–water partition coefficient (Wildman–Crippen LogP) is 2.85. The van der Waals surface area contributed by atoms with Gasteiger partial charge >= 0.3 is 5.97 Å². The van der Waals surface area contributed by atoms with E-state index in [0.29, 0.717) is 5.56 Å². The van der Waals surface area contributed by atoms with E-state index in [0.717, 1.165) is 5.56 Å². The van der Waals surface area contributed by atoms with Crippen LogP contribution >= 0.6 is 10.7 Å². The number of hydrogen-bond donors (Lipinski definition) is 0. The highest BCUT2D eigenvalue weighted by Crippen LogP contribution is 2.26. The minimum Gasteiger partial charge on any atom is -0.462 e. The van der Waals surface area contributed by atoms with Crippen LogP contribution in [0.25, 0.3) is 11.1 Å². The maximum atomic E-state index is 11.8. The SMILES string of the molecule is CCOC(=O)c1cc(-c2ccncc2)cc(S(=O)(=O)Cl)c1. The van der Waals surface area contributed by atoms with Gasteiger partial charge in [0.1, 0.15) is 0 Å². The van der Waals surface area contributed by atoms with Gasteiger partial charge in [-0.25, -0.2) is 13.2 Å². The van der Waals surface area contributed by atoms with Gasteiger partial charge < -0.3 is 4.74 Å². The Balaban J connectivity index is 2.61. The van der Waals surface area contributed by atoms with Crippen molar-refractivity contribution in [3.05, 3.63) is 48.3 Å². The summed E-state index contributed by atoms with van der Waals surface area (Å²) in [6, 6.07) is 7.56. The summed E-state index contributed by atoms with van der Waals surface area (Å²) < 4.78 is 28.0. The second kappa shape index (κ2) is 6.24. The number of nitrogens with zero attached hydrogens (tertiary/aromatic N) is 1. The molecule has 0 spiro atoms. The second-order valence-electron chi connectivity index (χ2n) is 4.14. The number of pyridine rings is 1. The molecule has 1 heterocycles. The van der Waals surface area contributed by atoms with Gasteiger partial charge in [-0.2, -0.15) is 0 Å². The molecule has 0 saturated heterocycles. The highest BCUT2D eigenvalue weighted by molar-refractivity contribution is 8.13. The Kier molecular flexibility index (Phi) is 4.59. The average Bonchev–Trinajstić information content (AvgIpc) is 2.47. The van der Waals surface area contributed by atoms with Gasteiger partial charge in [0.15, 0.2) is 0 Å². The summed E-state index contributed by atoms with van der Waals surface area (Å²) in [6.07, 6.45) is 3.14. The minimum atomic E-state index is -3.96. The van der Waals surface area contributed by atoms with E-state index in [-0.39, 0.29) is 17.1 Å². The third kappa shape index (κ3) is 3.80. The zero-order valence-electron chi connectivity index (χ0n) is 11.1. The molecule has 7 heteroatoms. The molecule has 2 aromatic rings. The lowest BCUT2D eigenvalue weighted by Crippen LogP contribution is -2.06. The van der Waals surface area contributed by atoms with Gasteiger partial charge in [0.05, 0.1) is 17.1 Å². The predicted molar refractivity (Wildman–Crippen MR) is 78.7 cm³/mol. The summed E-state index contributed by atoms with van der Waals surface area (Å²) in [5.74, 6) is -0.602. The van der Waals surface area contributed by atoms with Crippen LogP contribution in [0.2, 0.25) is 0 Å². The van der Waals surface area contributed by atoms with Crippen molar-refractivity contribution in [3.63, 3.8) is 0 Å². The molecule has 21 heavy (non-hydrogen) atoms. The van der Waals surface area contributed by atoms with Crippen molar-refractivity contribution in [1.82, 2.24) is 4.98 Å². The molecule has 0 fully saturated rings. The molecule has 110 valence electrons. The topological polar surface area (TPSA) is 73.3 Å². The molecular formula is C14H12ClNO4S. The number of esters is 1. The summed E-state index contributed by atoms with van der Waals surface area (Å²) in [5.41, 5.74) is 1.39. The number of ether oxygens (including phenoxy) is 1. The summed E-state index contributed by atoms with van der Waals surface area (Å²) in [5, 5.41) is 0. The van der Waals surface area contributed by atoms with Crippen molar-refractivity contribution < 1.29 is 17.9 Å². The molecule has 0 atom stereocenters. The summed E-state index contributed by atoms with van der Waals surface area (Å²) >= 11 is 0. The molecule has 2 rings (SSSR count). The minimum absolute atomic E-state index is 0.130. The van der Waals surface area contributed by atoms with Crippen LogP contribution in [0.5, 0.6) is 0 Å². The largest absolute Gasteiger partial charge is 0.462 e. The maximum absolute atomic E-state index is 11.8. The van der Waals surface area contributed by atoms with Gasteiger partial charge in [0, 0.05) is 23.1 Å². The highest BCUT2D eigenvalue weighted by Gasteiger charge is 2.17. The molecule has 0 bridgehead atoms. The van der Waals surface area contributed by atoms with E-state index < -0.39 is 15.0 Å². The van der Waals surface area contributed by atoms with Crippen LogP contribution in [-0.4, -0.2) is 26.0 Å². The van der Waals surface area contributed by atoms with E-state index >= 15 is 0 Å². The number of carbonyl (C=O) groups excluding carboxylic acids is 1. The van der Waals surface area contributed by atoms with Gasteiger partial charge in [-0.3, -0.25) is 4.98 Å². The van der Waals surface area contributed by atoms with Crippen LogP contribution in [-0.2, 0) is 13.8 Å². The molecule has 0 radical (unpaired) electrons.